The van der Waals surface area contributed by atoms with Gasteiger partial charge in [-0.3, -0.25) is 24.8 Å². The summed E-state index contributed by atoms with van der Waals surface area (Å²) in [5, 5.41) is 12.5. The van der Waals surface area contributed by atoms with E-state index in [1.54, 1.807) is 31.0 Å². The van der Waals surface area contributed by atoms with Crippen LogP contribution in [-0.4, -0.2) is 36.0 Å². The van der Waals surface area contributed by atoms with Crippen LogP contribution in [0.4, 0.5) is 5.69 Å². The fourth-order valence-electron chi connectivity index (χ4n) is 3.59. The largest absolute Gasteiger partial charge is 0.352 e. The van der Waals surface area contributed by atoms with Crippen molar-refractivity contribution in [1.29, 1.82) is 0 Å². The number of hydrogen-bond donors (Lipinski definition) is 3. The van der Waals surface area contributed by atoms with Gasteiger partial charge < -0.3 is 10.3 Å². The third kappa shape index (κ3) is 3.75. The van der Waals surface area contributed by atoms with E-state index in [-0.39, 0.29) is 5.91 Å². The highest BCUT2D eigenvalue weighted by Gasteiger charge is 2.13. The van der Waals surface area contributed by atoms with E-state index in [9.17, 15) is 4.79 Å². The summed E-state index contributed by atoms with van der Waals surface area (Å²) < 4.78 is 0. The van der Waals surface area contributed by atoms with E-state index in [2.05, 4.69) is 48.4 Å². The lowest BCUT2D eigenvalue weighted by atomic mass is 10.1. The Hall–Kier alpha value is -4.07. The first-order valence-electron chi connectivity index (χ1n) is 10.2. The Kier molecular flexibility index (Phi) is 4.87. The number of aromatic amines is 2. The van der Waals surface area contributed by atoms with Crippen molar-refractivity contribution >= 4 is 33.4 Å². The van der Waals surface area contributed by atoms with Crippen molar-refractivity contribution in [2.45, 2.75) is 26.2 Å². The Balaban J connectivity index is 1.49. The number of carbonyl (C=O) groups excluding carboxylic acids is 1. The Morgan fingerprint density at radius 2 is 2.00 bits per heavy atom. The van der Waals surface area contributed by atoms with E-state index in [4.69, 9.17) is 0 Å². The van der Waals surface area contributed by atoms with E-state index in [1.807, 2.05) is 18.2 Å². The average molecular weight is 411 g/mol. The highest BCUT2D eigenvalue weighted by molar-refractivity contribution is 5.97. The van der Waals surface area contributed by atoms with Gasteiger partial charge in [-0.2, -0.15) is 5.10 Å². The third-order valence-corrected chi connectivity index (χ3v) is 5.20. The van der Waals surface area contributed by atoms with Gasteiger partial charge in [0.25, 0.3) is 0 Å². The molecule has 5 rings (SSSR count). The number of hydrogen-bond acceptors (Lipinski definition) is 5. The number of nitrogens with zero attached hydrogens (tertiary/aromatic N) is 4. The molecule has 31 heavy (non-hydrogen) atoms. The van der Waals surface area contributed by atoms with Crippen LogP contribution in [-0.2, 0) is 4.79 Å². The minimum Gasteiger partial charge on any atom is -0.352 e. The molecule has 5 aromatic rings. The van der Waals surface area contributed by atoms with Crippen LogP contribution in [0.15, 0.2) is 55.2 Å². The molecule has 0 aliphatic carbocycles. The zero-order valence-corrected chi connectivity index (χ0v) is 17.0. The minimum absolute atomic E-state index is 0.00497. The van der Waals surface area contributed by atoms with Gasteiger partial charge in [-0.15, -0.1) is 0 Å². The number of unbranched alkanes of at least 4 members (excludes halogenated alkanes) is 1. The van der Waals surface area contributed by atoms with Crippen LogP contribution in [0.1, 0.15) is 26.2 Å². The lowest BCUT2D eigenvalue weighted by molar-refractivity contribution is -0.116. The van der Waals surface area contributed by atoms with Crippen LogP contribution in [0, 0.1) is 0 Å². The SMILES string of the molecule is CCCCC(=O)Nc1cncc(-c2cc3c(-c4cc5ccncc5[nH]4)n[nH]c3cn2)c1. The molecule has 0 spiro atoms. The van der Waals surface area contributed by atoms with Crippen LogP contribution in [0.25, 0.3) is 44.5 Å². The zero-order chi connectivity index (χ0) is 21.2. The number of amides is 1. The molecule has 8 heteroatoms. The Morgan fingerprint density at radius 1 is 1.06 bits per heavy atom. The van der Waals surface area contributed by atoms with Gasteiger partial charge in [0.1, 0.15) is 5.69 Å². The fourth-order valence-corrected chi connectivity index (χ4v) is 3.59. The maximum Gasteiger partial charge on any atom is 0.224 e. The van der Waals surface area contributed by atoms with Crippen molar-refractivity contribution in [2.24, 2.45) is 0 Å². The number of H-pyrrole nitrogens is 2. The molecule has 154 valence electrons. The van der Waals surface area contributed by atoms with Gasteiger partial charge in [-0.05, 0) is 30.7 Å². The summed E-state index contributed by atoms with van der Waals surface area (Å²) in [6.07, 6.45) is 11.1. The smallest absolute Gasteiger partial charge is 0.224 e. The predicted molar refractivity (Wildman–Crippen MR) is 120 cm³/mol. The molecule has 5 aromatic heterocycles. The summed E-state index contributed by atoms with van der Waals surface area (Å²) in [5.41, 5.74) is 5.75. The first kappa shape index (κ1) is 18.9. The molecule has 0 bridgehead atoms. The van der Waals surface area contributed by atoms with Gasteiger partial charge in [-0.25, -0.2) is 0 Å². The summed E-state index contributed by atoms with van der Waals surface area (Å²) in [7, 11) is 0. The topological polar surface area (TPSA) is 112 Å². The molecule has 0 aliphatic rings. The van der Waals surface area contributed by atoms with E-state index < -0.39 is 0 Å². The molecule has 0 saturated heterocycles. The van der Waals surface area contributed by atoms with E-state index in [0.717, 1.165) is 57.3 Å². The van der Waals surface area contributed by atoms with Crippen LogP contribution >= 0.6 is 0 Å². The van der Waals surface area contributed by atoms with Crippen molar-refractivity contribution in [2.75, 3.05) is 5.32 Å². The lowest BCUT2D eigenvalue weighted by Gasteiger charge is -2.07. The molecule has 0 saturated carbocycles. The Morgan fingerprint density at radius 3 is 2.87 bits per heavy atom. The second-order valence-electron chi connectivity index (χ2n) is 7.45. The number of fused-ring (bicyclic) bond motifs is 2. The number of rotatable bonds is 6. The van der Waals surface area contributed by atoms with Crippen molar-refractivity contribution in [3.63, 3.8) is 0 Å². The predicted octanol–water partition coefficient (Wildman–Crippen LogP) is 4.69. The first-order valence-corrected chi connectivity index (χ1v) is 10.2. The van der Waals surface area contributed by atoms with Crippen LogP contribution in [0.3, 0.4) is 0 Å². The number of anilines is 1. The average Bonchev–Trinajstić information content (AvgIpc) is 3.41. The second-order valence-corrected chi connectivity index (χ2v) is 7.45. The number of aromatic nitrogens is 6. The van der Waals surface area contributed by atoms with Crippen LogP contribution in [0.5, 0.6) is 0 Å². The second kappa shape index (κ2) is 7.98. The van der Waals surface area contributed by atoms with Crippen molar-refractivity contribution in [3.05, 3.63) is 55.2 Å². The van der Waals surface area contributed by atoms with E-state index in [0.29, 0.717) is 12.1 Å². The van der Waals surface area contributed by atoms with E-state index >= 15 is 0 Å². The van der Waals surface area contributed by atoms with Crippen molar-refractivity contribution in [1.82, 2.24) is 30.1 Å². The molecule has 0 aliphatic heterocycles. The van der Waals surface area contributed by atoms with Gasteiger partial charge in [-0.1, -0.05) is 13.3 Å². The summed E-state index contributed by atoms with van der Waals surface area (Å²) in [4.78, 5) is 28.4. The van der Waals surface area contributed by atoms with Crippen LogP contribution in [0.2, 0.25) is 0 Å². The molecule has 0 aromatic carbocycles. The first-order chi connectivity index (χ1) is 15.2. The van der Waals surface area contributed by atoms with Gasteiger partial charge in [0, 0.05) is 35.2 Å². The normalized spacial score (nSPS) is 11.3. The molecule has 8 nitrogen and oxygen atoms in total. The van der Waals surface area contributed by atoms with E-state index in [1.165, 1.54) is 0 Å². The summed E-state index contributed by atoms with van der Waals surface area (Å²) >= 11 is 0. The van der Waals surface area contributed by atoms with Crippen molar-refractivity contribution in [3.8, 4) is 22.6 Å². The summed E-state index contributed by atoms with van der Waals surface area (Å²) in [5.74, 6) is -0.00497. The molecule has 3 N–H and O–H groups in total. The maximum atomic E-state index is 12.1. The third-order valence-electron chi connectivity index (χ3n) is 5.20. The van der Waals surface area contributed by atoms with Gasteiger partial charge in [0.05, 0.1) is 46.7 Å². The maximum absolute atomic E-state index is 12.1. The highest BCUT2D eigenvalue weighted by Crippen LogP contribution is 2.30. The van der Waals surface area contributed by atoms with Gasteiger partial charge in [0.2, 0.25) is 5.91 Å². The fraction of sp³-hybridized carbons (Fsp3) is 0.174. The molecular weight excluding hydrogens is 390 g/mol. The standard InChI is InChI=1S/C23H21N7O/c1-2-3-4-22(31)27-16-7-15(10-25-11-16)18-9-17-21(13-26-18)29-30-23(17)19-8-14-5-6-24-12-20(14)28-19/h5-13,28H,2-4H2,1H3,(H,27,31)(H,29,30). The molecular formula is C23H21N7O. The quantitative estimate of drug-likeness (QED) is 0.375. The van der Waals surface area contributed by atoms with Gasteiger partial charge >= 0.3 is 0 Å². The molecule has 1 amide bonds. The summed E-state index contributed by atoms with van der Waals surface area (Å²) in [6.45, 7) is 2.06. The molecule has 0 unspecified atom stereocenters. The molecule has 0 atom stereocenters. The van der Waals surface area contributed by atoms with Gasteiger partial charge in [0.15, 0.2) is 0 Å². The summed E-state index contributed by atoms with van der Waals surface area (Å²) in [6, 6.07) is 7.89. The zero-order valence-electron chi connectivity index (χ0n) is 17.0. The number of nitrogens with one attached hydrogen (secondary N) is 3. The minimum atomic E-state index is -0.00497. The molecule has 0 radical (unpaired) electrons. The molecule has 5 heterocycles. The number of pyridine rings is 3. The molecule has 0 fully saturated rings. The highest BCUT2D eigenvalue weighted by atomic mass is 16.1. The van der Waals surface area contributed by atoms with Crippen molar-refractivity contribution < 1.29 is 4.79 Å². The lowest BCUT2D eigenvalue weighted by Crippen LogP contribution is -2.11. The number of carbonyl (C=O) groups is 1. The monoisotopic (exact) mass is 411 g/mol. The van der Waals surface area contributed by atoms with Crippen LogP contribution < -0.4 is 5.32 Å². The Bertz CT molecular complexity index is 1350. The Labute approximate surface area is 178 Å².